The van der Waals surface area contributed by atoms with Gasteiger partial charge in [-0.1, -0.05) is 26.8 Å². The van der Waals surface area contributed by atoms with Crippen LogP contribution in [0.1, 0.15) is 39.7 Å². The fourth-order valence-corrected chi connectivity index (χ4v) is 1.32. The quantitative estimate of drug-likeness (QED) is 0.739. The zero-order valence-corrected chi connectivity index (χ0v) is 11.4. The van der Waals surface area contributed by atoms with E-state index in [0.29, 0.717) is 11.8 Å². The molecule has 1 heterocycles. The summed E-state index contributed by atoms with van der Waals surface area (Å²) in [4.78, 5) is 4.32. The molecule has 0 aromatic carbocycles. The van der Waals surface area contributed by atoms with Crippen molar-refractivity contribution in [3.05, 3.63) is 23.9 Å². The number of nitrogens with zero attached hydrogens (tertiary/aromatic N) is 1. The van der Waals surface area contributed by atoms with Crippen LogP contribution in [0.4, 0.5) is 0 Å². The van der Waals surface area contributed by atoms with E-state index in [1.54, 1.807) is 0 Å². The Labute approximate surface area is 105 Å². The van der Waals surface area contributed by atoms with Crippen molar-refractivity contribution in [2.24, 2.45) is 5.92 Å². The lowest BCUT2D eigenvalue weighted by Crippen LogP contribution is -2.19. The molecule has 1 unspecified atom stereocenters. The van der Waals surface area contributed by atoms with E-state index in [1.165, 1.54) is 5.56 Å². The van der Waals surface area contributed by atoms with Gasteiger partial charge in [0.05, 0.1) is 6.10 Å². The number of nitrogens with one attached hydrogen (secondary N) is 1. The van der Waals surface area contributed by atoms with E-state index in [2.05, 4.69) is 44.1 Å². The fraction of sp³-hybridized carbons (Fsp3) is 0.643. The van der Waals surface area contributed by atoms with Crippen molar-refractivity contribution in [3.8, 4) is 5.88 Å². The predicted octanol–water partition coefficient (Wildman–Crippen LogP) is 3.00. The van der Waals surface area contributed by atoms with Crippen LogP contribution in [0.3, 0.4) is 0 Å². The standard InChI is InChI=1S/C14H24N2O/c1-5-8-15-9-13-6-7-14(16-10-13)17-12(4)11(2)3/h6-7,10-12,15H,5,8-9H2,1-4H3. The van der Waals surface area contributed by atoms with Crippen molar-refractivity contribution in [1.29, 1.82) is 0 Å². The molecule has 3 nitrogen and oxygen atoms in total. The zero-order valence-electron chi connectivity index (χ0n) is 11.4. The maximum absolute atomic E-state index is 5.72. The highest BCUT2D eigenvalue weighted by Crippen LogP contribution is 2.13. The predicted molar refractivity (Wildman–Crippen MR) is 71.2 cm³/mol. The normalized spacial score (nSPS) is 12.8. The summed E-state index contributed by atoms with van der Waals surface area (Å²) >= 11 is 0. The lowest BCUT2D eigenvalue weighted by Gasteiger charge is -2.17. The first-order chi connectivity index (χ1) is 8.13. The van der Waals surface area contributed by atoms with E-state index in [4.69, 9.17) is 4.74 Å². The molecule has 0 aliphatic rings. The topological polar surface area (TPSA) is 34.1 Å². The van der Waals surface area contributed by atoms with Gasteiger partial charge in [-0.05, 0) is 31.4 Å². The number of hydrogen-bond acceptors (Lipinski definition) is 3. The minimum Gasteiger partial charge on any atom is -0.474 e. The molecule has 0 radical (unpaired) electrons. The minimum atomic E-state index is 0.201. The molecule has 96 valence electrons. The van der Waals surface area contributed by atoms with Crippen LogP contribution in [-0.4, -0.2) is 17.6 Å². The molecule has 0 amide bonds. The molecule has 0 saturated carbocycles. The van der Waals surface area contributed by atoms with E-state index in [0.717, 1.165) is 19.5 Å². The van der Waals surface area contributed by atoms with Crippen molar-refractivity contribution < 1.29 is 4.74 Å². The van der Waals surface area contributed by atoms with Crippen LogP contribution in [0.2, 0.25) is 0 Å². The maximum Gasteiger partial charge on any atom is 0.213 e. The lowest BCUT2D eigenvalue weighted by atomic mass is 10.1. The van der Waals surface area contributed by atoms with Crippen LogP contribution in [0.15, 0.2) is 18.3 Å². The average molecular weight is 236 g/mol. The van der Waals surface area contributed by atoms with Gasteiger partial charge in [0.25, 0.3) is 0 Å². The molecule has 1 aromatic rings. The molecule has 0 aliphatic heterocycles. The molecule has 0 spiro atoms. The summed E-state index contributed by atoms with van der Waals surface area (Å²) in [6.45, 7) is 10.4. The van der Waals surface area contributed by atoms with Crippen LogP contribution in [0.5, 0.6) is 5.88 Å². The molecular weight excluding hydrogens is 212 g/mol. The van der Waals surface area contributed by atoms with Crippen LogP contribution in [0, 0.1) is 5.92 Å². The van der Waals surface area contributed by atoms with E-state index in [-0.39, 0.29) is 6.10 Å². The van der Waals surface area contributed by atoms with Gasteiger partial charge in [-0.2, -0.15) is 0 Å². The Morgan fingerprint density at radius 2 is 2.06 bits per heavy atom. The summed E-state index contributed by atoms with van der Waals surface area (Å²) in [7, 11) is 0. The van der Waals surface area contributed by atoms with Crippen LogP contribution in [0.25, 0.3) is 0 Å². The van der Waals surface area contributed by atoms with Gasteiger partial charge in [0.15, 0.2) is 0 Å². The molecule has 0 bridgehead atoms. The van der Waals surface area contributed by atoms with Crippen molar-refractivity contribution in [1.82, 2.24) is 10.3 Å². The van der Waals surface area contributed by atoms with Crippen molar-refractivity contribution >= 4 is 0 Å². The van der Waals surface area contributed by atoms with E-state index in [9.17, 15) is 0 Å². The largest absolute Gasteiger partial charge is 0.474 e. The fourth-order valence-electron chi connectivity index (χ4n) is 1.32. The molecule has 0 aliphatic carbocycles. The van der Waals surface area contributed by atoms with Gasteiger partial charge in [0.1, 0.15) is 0 Å². The molecule has 1 rings (SSSR count). The number of hydrogen-bond donors (Lipinski definition) is 1. The SMILES string of the molecule is CCCNCc1ccc(OC(C)C(C)C)nc1. The highest BCUT2D eigenvalue weighted by molar-refractivity contribution is 5.17. The summed E-state index contributed by atoms with van der Waals surface area (Å²) in [5.74, 6) is 1.22. The van der Waals surface area contributed by atoms with E-state index >= 15 is 0 Å². The van der Waals surface area contributed by atoms with E-state index < -0.39 is 0 Å². The molecule has 0 saturated heterocycles. The molecule has 1 N–H and O–H groups in total. The third-order valence-electron chi connectivity index (χ3n) is 2.80. The Morgan fingerprint density at radius 1 is 1.29 bits per heavy atom. The first kappa shape index (κ1) is 14.0. The summed E-state index contributed by atoms with van der Waals surface area (Å²) in [6.07, 6.45) is 3.23. The van der Waals surface area contributed by atoms with Crippen molar-refractivity contribution in [2.75, 3.05) is 6.54 Å². The molecular formula is C14H24N2O. The first-order valence-corrected chi connectivity index (χ1v) is 6.45. The molecule has 3 heteroatoms. The first-order valence-electron chi connectivity index (χ1n) is 6.45. The van der Waals surface area contributed by atoms with Crippen LogP contribution < -0.4 is 10.1 Å². The minimum absolute atomic E-state index is 0.201. The van der Waals surface area contributed by atoms with Gasteiger partial charge in [0.2, 0.25) is 5.88 Å². The molecule has 1 atom stereocenters. The highest BCUT2D eigenvalue weighted by Gasteiger charge is 2.08. The highest BCUT2D eigenvalue weighted by atomic mass is 16.5. The second-order valence-electron chi connectivity index (χ2n) is 4.75. The van der Waals surface area contributed by atoms with Gasteiger partial charge in [-0.25, -0.2) is 4.98 Å². The molecule has 1 aromatic heterocycles. The van der Waals surface area contributed by atoms with Gasteiger partial charge < -0.3 is 10.1 Å². The zero-order chi connectivity index (χ0) is 12.7. The number of pyridine rings is 1. The monoisotopic (exact) mass is 236 g/mol. The van der Waals surface area contributed by atoms with Gasteiger partial charge in [0, 0.05) is 18.8 Å². The van der Waals surface area contributed by atoms with Gasteiger partial charge >= 0.3 is 0 Å². The lowest BCUT2D eigenvalue weighted by molar-refractivity contribution is 0.163. The van der Waals surface area contributed by atoms with Gasteiger partial charge in [-0.15, -0.1) is 0 Å². The average Bonchev–Trinajstić information content (AvgIpc) is 2.31. The van der Waals surface area contributed by atoms with E-state index in [1.807, 2.05) is 12.3 Å². The summed E-state index contributed by atoms with van der Waals surface area (Å²) in [5.41, 5.74) is 1.20. The Hall–Kier alpha value is -1.09. The van der Waals surface area contributed by atoms with Gasteiger partial charge in [-0.3, -0.25) is 0 Å². The van der Waals surface area contributed by atoms with Crippen molar-refractivity contribution in [2.45, 2.75) is 46.8 Å². The smallest absolute Gasteiger partial charge is 0.213 e. The Kier molecular flexibility index (Phi) is 5.98. The number of rotatable bonds is 7. The summed E-state index contributed by atoms with van der Waals surface area (Å²) < 4.78 is 5.72. The second kappa shape index (κ2) is 7.28. The Morgan fingerprint density at radius 3 is 2.59 bits per heavy atom. The molecule has 17 heavy (non-hydrogen) atoms. The summed E-state index contributed by atoms with van der Waals surface area (Å²) in [6, 6.07) is 4.01. The third-order valence-corrected chi connectivity index (χ3v) is 2.80. The Bertz CT molecular complexity index is 309. The summed E-state index contributed by atoms with van der Waals surface area (Å²) in [5, 5.41) is 3.35. The van der Waals surface area contributed by atoms with Crippen LogP contribution >= 0.6 is 0 Å². The second-order valence-corrected chi connectivity index (χ2v) is 4.75. The number of aromatic nitrogens is 1. The third kappa shape index (κ3) is 5.18. The maximum atomic E-state index is 5.72. The van der Waals surface area contributed by atoms with Crippen molar-refractivity contribution in [3.63, 3.8) is 0 Å². The Balaban J connectivity index is 2.44. The number of ether oxygens (including phenoxy) is 1. The van der Waals surface area contributed by atoms with Crippen LogP contribution in [-0.2, 0) is 6.54 Å². The molecule has 0 fully saturated rings.